The number of amides is 3. The van der Waals surface area contributed by atoms with Gasteiger partial charge in [0.1, 0.15) is 0 Å². The van der Waals surface area contributed by atoms with Crippen molar-refractivity contribution >= 4 is 23.3 Å². The van der Waals surface area contributed by atoms with Gasteiger partial charge in [-0.3, -0.25) is 4.79 Å². The van der Waals surface area contributed by atoms with Crippen LogP contribution in [0.5, 0.6) is 0 Å². The predicted molar refractivity (Wildman–Crippen MR) is 98.7 cm³/mol. The van der Waals surface area contributed by atoms with E-state index in [0.717, 1.165) is 51.1 Å². The van der Waals surface area contributed by atoms with Gasteiger partial charge in [0.05, 0.1) is 5.92 Å². The molecule has 1 unspecified atom stereocenters. The average Bonchev–Trinajstić information content (AvgIpc) is 3.13. The summed E-state index contributed by atoms with van der Waals surface area (Å²) in [5, 5.41) is 12.0. The van der Waals surface area contributed by atoms with Gasteiger partial charge in [-0.1, -0.05) is 0 Å². The van der Waals surface area contributed by atoms with Crippen molar-refractivity contribution < 1.29 is 9.59 Å². The van der Waals surface area contributed by atoms with E-state index in [1.54, 1.807) is 12.1 Å². The molecule has 0 saturated carbocycles. The maximum Gasteiger partial charge on any atom is 0.319 e. The molecule has 3 rings (SSSR count). The van der Waals surface area contributed by atoms with Crippen molar-refractivity contribution in [3.05, 3.63) is 24.3 Å². The SMILES string of the molecule is CN1CCC(NC(=O)Nc2ccc(NC(=O)C3CCNC3)cc2)CC1. The number of rotatable bonds is 4. The highest BCUT2D eigenvalue weighted by atomic mass is 16.2. The first-order valence-corrected chi connectivity index (χ1v) is 8.98. The Morgan fingerprint density at radius 1 is 1.04 bits per heavy atom. The van der Waals surface area contributed by atoms with E-state index >= 15 is 0 Å². The monoisotopic (exact) mass is 345 g/mol. The van der Waals surface area contributed by atoms with Crippen molar-refractivity contribution in [3.8, 4) is 0 Å². The van der Waals surface area contributed by atoms with Gasteiger partial charge in [-0.2, -0.15) is 0 Å². The molecule has 2 aliphatic rings. The summed E-state index contributed by atoms with van der Waals surface area (Å²) in [6.07, 6.45) is 2.83. The zero-order valence-electron chi connectivity index (χ0n) is 14.7. The van der Waals surface area contributed by atoms with E-state index in [0.29, 0.717) is 5.69 Å². The van der Waals surface area contributed by atoms with Crippen LogP contribution >= 0.6 is 0 Å². The molecule has 136 valence electrons. The van der Waals surface area contributed by atoms with Crippen molar-refractivity contribution in [1.29, 1.82) is 0 Å². The van der Waals surface area contributed by atoms with Crippen molar-refractivity contribution in [2.75, 3.05) is 43.9 Å². The Morgan fingerprint density at radius 3 is 2.28 bits per heavy atom. The second-order valence-corrected chi connectivity index (χ2v) is 6.93. The first kappa shape index (κ1) is 17.7. The van der Waals surface area contributed by atoms with Gasteiger partial charge in [0.25, 0.3) is 0 Å². The van der Waals surface area contributed by atoms with Gasteiger partial charge >= 0.3 is 6.03 Å². The average molecular weight is 345 g/mol. The molecule has 4 N–H and O–H groups in total. The Labute approximate surface area is 148 Å². The third-order valence-electron chi connectivity index (χ3n) is 4.90. The normalized spacial score (nSPS) is 21.7. The summed E-state index contributed by atoms with van der Waals surface area (Å²) >= 11 is 0. The summed E-state index contributed by atoms with van der Waals surface area (Å²) in [5.41, 5.74) is 1.46. The summed E-state index contributed by atoms with van der Waals surface area (Å²) in [5.74, 6) is 0.0869. The van der Waals surface area contributed by atoms with Gasteiger partial charge in [-0.25, -0.2) is 4.79 Å². The first-order chi connectivity index (χ1) is 12.1. The molecule has 2 saturated heterocycles. The molecule has 25 heavy (non-hydrogen) atoms. The van der Waals surface area contributed by atoms with E-state index in [-0.39, 0.29) is 23.9 Å². The van der Waals surface area contributed by atoms with Gasteiger partial charge in [-0.05, 0) is 70.2 Å². The maximum absolute atomic E-state index is 12.1. The van der Waals surface area contributed by atoms with E-state index in [4.69, 9.17) is 0 Å². The minimum Gasteiger partial charge on any atom is -0.335 e. The fraction of sp³-hybridized carbons (Fsp3) is 0.556. The van der Waals surface area contributed by atoms with Gasteiger partial charge in [-0.15, -0.1) is 0 Å². The lowest BCUT2D eigenvalue weighted by Crippen LogP contribution is -2.44. The van der Waals surface area contributed by atoms with Crippen LogP contribution in [0.4, 0.5) is 16.2 Å². The Bertz CT molecular complexity index is 590. The number of carbonyl (C=O) groups is 2. The predicted octanol–water partition coefficient (Wildman–Crippen LogP) is 1.45. The lowest BCUT2D eigenvalue weighted by atomic mass is 10.1. The molecule has 2 heterocycles. The van der Waals surface area contributed by atoms with E-state index in [2.05, 4.69) is 33.2 Å². The smallest absolute Gasteiger partial charge is 0.319 e. The highest BCUT2D eigenvalue weighted by molar-refractivity contribution is 5.94. The van der Waals surface area contributed by atoms with Crippen LogP contribution in [0.3, 0.4) is 0 Å². The molecule has 1 aromatic carbocycles. The van der Waals surface area contributed by atoms with Crippen LogP contribution in [0.1, 0.15) is 19.3 Å². The van der Waals surface area contributed by atoms with Gasteiger partial charge in [0.15, 0.2) is 0 Å². The number of urea groups is 1. The lowest BCUT2D eigenvalue weighted by molar-refractivity contribution is -0.119. The molecular formula is C18H27N5O2. The standard InChI is InChI=1S/C18H27N5O2/c1-23-10-7-16(8-11-23)22-18(25)21-15-4-2-14(3-5-15)20-17(24)13-6-9-19-12-13/h2-5,13,16,19H,6-12H2,1H3,(H,20,24)(H2,21,22,25). The highest BCUT2D eigenvalue weighted by Crippen LogP contribution is 2.16. The minimum absolute atomic E-state index is 0.0399. The summed E-state index contributed by atoms with van der Waals surface area (Å²) < 4.78 is 0. The van der Waals surface area contributed by atoms with E-state index in [1.807, 2.05) is 12.1 Å². The third-order valence-corrected chi connectivity index (χ3v) is 4.90. The molecule has 0 aliphatic carbocycles. The Hall–Kier alpha value is -2.12. The molecule has 2 fully saturated rings. The van der Waals surface area contributed by atoms with Crippen LogP contribution < -0.4 is 21.3 Å². The number of nitrogens with zero attached hydrogens (tertiary/aromatic N) is 1. The van der Waals surface area contributed by atoms with Crippen molar-refractivity contribution in [2.24, 2.45) is 5.92 Å². The van der Waals surface area contributed by atoms with E-state index in [1.165, 1.54) is 0 Å². The summed E-state index contributed by atoms with van der Waals surface area (Å²) in [7, 11) is 2.10. The molecule has 0 bridgehead atoms. The Kier molecular flexibility index (Phi) is 5.88. The van der Waals surface area contributed by atoms with Crippen molar-refractivity contribution in [1.82, 2.24) is 15.5 Å². The second-order valence-electron chi connectivity index (χ2n) is 6.93. The molecule has 0 radical (unpaired) electrons. The van der Waals surface area contributed by atoms with Crippen LogP contribution in [0.2, 0.25) is 0 Å². The molecule has 3 amide bonds. The fourth-order valence-electron chi connectivity index (χ4n) is 3.27. The quantitative estimate of drug-likeness (QED) is 0.665. The molecule has 1 atom stereocenters. The molecule has 1 aromatic rings. The van der Waals surface area contributed by atoms with Crippen molar-refractivity contribution in [3.63, 3.8) is 0 Å². The number of hydrogen-bond donors (Lipinski definition) is 4. The maximum atomic E-state index is 12.1. The molecular weight excluding hydrogens is 318 g/mol. The second kappa shape index (κ2) is 8.31. The Morgan fingerprint density at radius 2 is 1.68 bits per heavy atom. The lowest BCUT2D eigenvalue weighted by Gasteiger charge is -2.29. The molecule has 2 aliphatic heterocycles. The minimum atomic E-state index is -0.177. The number of likely N-dealkylation sites (tertiary alicyclic amines) is 1. The molecule has 0 spiro atoms. The molecule has 7 heteroatoms. The van der Waals surface area contributed by atoms with Crippen LogP contribution in [0.25, 0.3) is 0 Å². The highest BCUT2D eigenvalue weighted by Gasteiger charge is 2.22. The Balaban J connectivity index is 1.45. The first-order valence-electron chi connectivity index (χ1n) is 8.98. The number of hydrogen-bond acceptors (Lipinski definition) is 4. The topological polar surface area (TPSA) is 85.5 Å². The molecule has 0 aromatic heterocycles. The van der Waals surface area contributed by atoms with E-state index < -0.39 is 0 Å². The number of benzene rings is 1. The van der Waals surface area contributed by atoms with Crippen LogP contribution in [0.15, 0.2) is 24.3 Å². The number of anilines is 2. The zero-order chi connectivity index (χ0) is 17.6. The van der Waals surface area contributed by atoms with Gasteiger partial charge in [0, 0.05) is 24.0 Å². The summed E-state index contributed by atoms with van der Waals surface area (Å²) in [6, 6.07) is 7.28. The summed E-state index contributed by atoms with van der Waals surface area (Å²) in [6.45, 7) is 3.65. The third kappa shape index (κ3) is 5.17. The van der Waals surface area contributed by atoms with Crippen LogP contribution in [-0.4, -0.2) is 56.1 Å². The number of nitrogens with one attached hydrogen (secondary N) is 4. The fourth-order valence-corrected chi connectivity index (χ4v) is 3.27. The van der Waals surface area contributed by atoms with Crippen molar-refractivity contribution in [2.45, 2.75) is 25.3 Å². The van der Waals surface area contributed by atoms with E-state index in [9.17, 15) is 9.59 Å². The number of piperidine rings is 1. The zero-order valence-corrected chi connectivity index (χ0v) is 14.7. The van der Waals surface area contributed by atoms with Crippen LogP contribution in [-0.2, 0) is 4.79 Å². The van der Waals surface area contributed by atoms with Gasteiger partial charge < -0.3 is 26.2 Å². The number of carbonyl (C=O) groups excluding carboxylic acids is 2. The molecule has 7 nitrogen and oxygen atoms in total. The van der Waals surface area contributed by atoms with Gasteiger partial charge in [0.2, 0.25) is 5.91 Å². The summed E-state index contributed by atoms with van der Waals surface area (Å²) in [4.78, 5) is 26.4. The van der Waals surface area contributed by atoms with Crippen LogP contribution in [0, 0.1) is 5.92 Å². The largest absolute Gasteiger partial charge is 0.335 e.